The van der Waals surface area contributed by atoms with Crippen molar-refractivity contribution in [1.29, 1.82) is 0 Å². The van der Waals surface area contributed by atoms with Crippen LogP contribution in [-0.2, 0) is 12.7 Å². The minimum atomic E-state index is -4.37. The van der Waals surface area contributed by atoms with Crippen LogP contribution in [-0.4, -0.2) is 17.9 Å². The molecular weight excluding hydrogens is 303 g/mol. The number of carbonyl (C=O) groups is 1. The van der Waals surface area contributed by atoms with E-state index >= 15 is 0 Å². The van der Waals surface area contributed by atoms with E-state index in [9.17, 15) is 18.0 Å². The largest absolute Gasteiger partial charge is 0.416 e. The molecule has 4 nitrogen and oxygen atoms in total. The fourth-order valence-electron chi connectivity index (χ4n) is 1.74. The summed E-state index contributed by atoms with van der Waals surface area (Å²) in [5.74, 6) is -0.634. The maximum Gasteiger partial charge on any atom is 0.416 e. The molecule has 0 saturated heterocycles. The first-order chi connectivity index (χ1) is 9.77. The third kappa shape index (κ3) is 3.72. The number of nitrogens with zero attached hydrogens (tertiary/aromatic N) is 2. The maximum atomic E-state index is 12.6. The Morgan fingerprint density at radius 1 is 1.43 bits per heavy atom. The van der Waals surface area contributed by atoms with Gasteiger partial charge in [-0.25, -0.2) is 4.98 Å². The van der Waals surface area contributed by atoms with Gasteiger partial charge in [0.1, 0.15) is 5.69 Å². The Labute approximate surface area is 123 Å². The summed E-state index contributed by atoms with van der Waals surface area (Å²) >= 11 is 1.21. The second-order valence-corrected chi connectivity index (χ2v) is 5.27. The molecule has 0 saturated carbocycles. The Morgan fingerprint density at radius 2 is 2.14 bits per heavy atom. The van der Waals surface area contributed by atoms with E-state index in [1.807, 2.05) is 0 Å². The van der Waals surface area contributed by atoms with Gasteiger partial charge in [-0.05, 0) is 17.7 Å². The van der Waals surface area contributed by atoms with Crippen LogP contribution in [0.1, 0.15) is 21.6 Å². The molecule has 8 heteroatoms. The van der Waals surface area contributed by atoms with Gasteiger partial charge in [-0.3, -0.25) is 4.79 Å². The van der Waals surface area contributed by atoms with Gasteiger partial charge in [-0.15, -0.1) is 11.3 Å². The predicted molar refractivity (Wildman–Crippen MR) is 74.2 cm³/mol. The number of thiazole rings is 1. The lowest BCUT2D eigenvalue weighted by Crippen LogP contribution is -2.18. The maximum absolute atomic E-state index is 12.6. The van der Waals surface area contributed by atoms with Gasteiger partial charge in [0, 0.05) is 19.0 Å². The topological polar surface area (TPSA) is 59.2 Å². The van der Waals surface area contributed by atoms with Crippen LogP contribution < -0.4 is 10.6 Å². The number of hydrogen-bond donors (Lipinski definition) is 1. The van der Waals surface area contributed by atoms with E-state index in [0.717, 1.165) is 12.1 Å². The highest BCUT2D eigenvalue weighted by molar-refractivity contribution is 7.13. The van der Waals surface area contributed by atoms with E-state index in [4.69, 9.17) is 5.73 Å². The van der Waals surface area contributed by atoms with Gasteiger partial charge in [0.2, 0.25) is 0 Å². The molecule has 2 aromatic rings. The Hall–Kier alpha value is -2.09. The first-order valence-corrected chi connectivity index (χ1v) is 6.78. The summed E-state index contributed by atoms with van der Waals surface area (Å²) in [6, 6.07) is 5.09. The number of halogens is 3. The van der Waals surface area contributed by atoms with Crippen LogP contribution in [0.2, 0.25) is 0 Å². The summed E-state index contributed by atoms with van der Waals surface area (Å²) in [5.41, 5.74) is 5.07. The second-order valence-electron chi connectivity index (χ2n) is 4.43. The van der Waals surface area contributed by atoms with Crippen molar-refractivity contribution in [3.05, 3.63) is 46.5 Å². The molecule has 0 spiro atoms. The standard InChI is InChI=1S/C13H12F3N3OS/c1-19(12-18-10(7-21-12)11(17)20)6-8-3-2-4-9(5-8)13(14,15)16/h2-5,7H,6H2,1H3,(H2,17,20). The van der Waals surface area contributed by atoms with Crippen molar-refractivity contribution in [2.75, 3.05) is 11.9 Å². The molecule has 0 aliphatic carbocycles. The first kappa shape index (κ1) is 15.3. The van der Waals surface area contributed by atoms with E-state index in [0.29, 0.717) is 10.7 Å². The van der Waals surface area contributed by atoms with Gasteiger partial charge in [0.25, 0.3) is 5.91 Å². The van der Waals surface area contributed by atoms with E-state index in [2.05, 4.69) is 4.98 Å². The Balaban J connectivity index is 2.15. The van der Waals surface area contributed by atoms with Crippen LogP contribution in [0.15, 0.2) is 29.6 Å². The number of alkyl halides is 3. The van der Waals surface area contributed by atoms with Crippen LogP contribution >= 0.6 is 11.3 Å². The molecule has 1 aromatic carbocycles. The highest BCUT2D eigenvalue weighted by atomic mass is 32.1. The lowest BCUT2D eigenvalue weighted by Gasteiger charge is -2.16. The first-order valence-electron chi connectivity index (χ1n) is 5.90. The molecule has 0 radical (unpaired) electrons. The molecule has 1 aromatic heterocycles. The summed E-state index contributed by atoms with van der Waals surface area (Å²) in [4.78, 5) is 16.7. The van der Waals surface area contributed by atoms with Gasteiger partial charge in [0.15, 0.2) is 5.13 Å². The average molecular weight is 315 g/mol. The number of rotatable bonds is 4. The van der Waals surface area contributed by atoms with Crippen LogP contribution in [0.25, 0.3) is 0 Å². The molecule has 0 bridgehead atoms. The van der Waals surface area contributed by atoms with E-state index < -0.39 is 17.6 Å². The van der Waals surface area contributed by atoms with Gasteiger partial charge in [0.05, 0.1) is 5.56 Å². The SMILES string of the molecule is CN(Cc1cccc(C(F)(F)F)c1)c1nc(C(N)=O)cs1. The van der Waals surface area contributed by atoms with Crippen LogP contribution in [0.3, 0.4) is 0 Å². The zero-order valence-electron chi connectivity index (χ0n) is 11.0. The minimum absolute atomic E-state index is 0.144. The lowest BCUT2D eigenvalue weighted by atomic mass is 10.1. The molecular formula is C13H12F3N3OS. The van der Waals surface area contributed by atoms with Crippen molar-refractivity contribution in [2.45, 2.75) is 12.7 Å². The summed E-state index contributed by atoms with van der Waals surface area (Å²) in [6.45, 7) is 0.246. The minimum Gasteiger partial charge on any atom is -0.364 e. The van der Waals surface area contributed by atoms with Gasteiger partial charge in [-0.1, -0.05) is 12.1 Å². The number of aromatic nitrogens is 1. The number of anilines is 1. The highest BCUT2D eigenvalue weighted by Gasteiger charge is 2.30. The monoisotopic (exact) mass is 315 g/mol. The van der Waals surface area contributed by atoms with E-state index in [1.54, 1.807) is 18.0 Å². The highest BCUT2D eigenvalue weighted by Crippen LogP contribution is 2.30. The summed E-state index contributed by atoms with van der Waals surface area (Å²) in [7, 11) is 1.68. The van der Waals surface area contributed by atoms with Crippen LogP contribution in [0.4, 0.5) is 18.3 Å². The number of amides is 1. The summed E-state index contributed by atoms with van der Waals surface area (Å²) in [5, 5.41) is 2.03. The zero-order valence-corrected chi connectivity index (χ0v) is 11.8. The zero-order chi connectivity index (χ0) is 15.6. The smallest absolute Gasteiger partial charge is 0.364 e. The Bertz CT molecular complexity index is 654. The predicted octanol–water partition coefficient (Wildman–Crippen LogP) is 2.90. The quantitative estimate of drug-likeness (QED) is 0.944. The third-order valence-electron chi connectivity index (χ3n) is 2.75. The molecule has 1 amide bonds. The second kappa shape index (κ2) is 5.72. The molecule has 0 unspecified atom stereocenters. The van der Waals surface area contributed by atoms with E-state index in [-0.39, 0.29) is 12.2 Å². The number of primary amides is 1. The Morgan fingerprint density at radius 3 is 2.71 bits per heavy atom. The fraction of sp³-hybridized carbons (Fsp3) is 0.231. The molecule has 0 aliphatic heterocycles. The molecule has 1 heterocycles. The van der Waals surface area contributed by atoms with Gasteiger partial charge in [-0.2, -0.15) is 13.2 Å². The van der Waals surface area contributed by atoms with E-state index in [1.165, 1.54) is 22.8 Å². The van der Waals surface area contributed by atoms with Crippen molar-refractivity contribution in [1.82, 2.24) is 4.98 Å². The summed E-state index contributed by atoms with van der Waals surface area (Å²) < 4.78 is 37.9. The fourth-order valence-corrected chi connectivity index (χ4v) is 2.52. The molecule has 2 rings (SSSR count). The van der Waals surface area contributed by atoms with Gasteiger partial charge >= 0.3 is 6.18 Å². The molecule has 0 fully saturated rings. The lowest BCUT2D eigenvalue weighted by molar-refractivity contribution is -0.137. The molecule has 0 aliphatic rings. The number of benzene rings is 1. The van der Waals surface area contributed by atoms with Crippen LogP contribution in [0.5, 0.6) is 0 Å². The number of nitrogens with two attached hydrogens (primary N) is 1. The molecule has 0 atom stereocenters. The number of hydrogen-bond acceptors (Lipinski definition) is 4. The van der Waals surface area contributed by atoms with Crippen LogP contribution in [0, 0.1) is 0 Å². The summed E-state index contributed by atoms with van der Waals surface area (Å²) in [6.07, 6.45) is -4.37. The molecule has 21 heavy (non-hydrogen) atoms. The van der Waals surface area contributed by atoms with Crippen molar-refractivity contribution >= 4 is 22.4 Å². The average Bonchev–Trinajstić information content (AvgIpc) is 2.88. The molecule has 112 valence electrons. The Kier molecular flexibility index (Phi) is 4.17. The van der Waals surface area contributed by atoms with Gasteiger partial charge < -0.3 is 10.6 Å². The number of carbonyl (C=O) groups excluding carboxylic acids is 1. The third-order valence-corrected chi connectivity index (χ3v) is 3.70. The normalized spacial score (nSPS) is 11.4. The van der Waals surface area contributed by atoms with Crippen molar-refractivity contribution in [2.24, 2.45) is 5.73 Å². The molecule has 2 N–H and O–H groups in total. The van der Waals surface area contributed by atoms with Crippen molar-refractivity contribution in [3.63, 3.8) is 0 Å². The van der Waals surface area contributed by atoms with Crippen molar-refractivity contribution in [3.8, 4) is 0 Å². The van der Waals surface area contributed by atoms with Crippen molar-refractivity contribution < 1.29 is 18.0 Å².